The van der Waals surface area contributed by atoms with Gasteiger partial charge in [-0.25, -0.2) is 4.39 Å². The van der Waals surface area contributed by atoms with Gasteiger partial charge in [-0.15, -0.1) is 0 Å². The molecule has 0 saturated heterocycles. The van der Waals surface area contributed by atoms with Crippen molar-refractivity contribution in [2.45, 2.75) is 37.5 Å². The van der Waals surface area contributed by atoms with Gasteiger partial charge in [0.1, 0.15) is 5.82 Å². The highest BCUT2D eigenvalue weighted by atomic mass is 35.5. The van der Waals surface area contributed by atoms with Crippen LogP contribution < -0.4 is 0 Å². The van der Waals surface area contributed by atoms with Gasteiger partial charge in [0.05, 0.1) is 5.02 Å². The Balaban J connectivity index is 1.69. The van der Waals surface area contributed by atoms with Crippen molar-refractivity contribution in [3.8, 4) is 0 Å². The number of hydrogen-bond acceptors (Lipinski definition) is 0. The lowest BCUT2D eigenvalue weighted by Crippen LogP contribution is -2.15. The summed E-state index contributed by atoms with van der Waals surface area (Å²) < 4.78 is 14.0. The molecule has 4 aromatic carbocycles. The Morgan fingerprint density at radius 2 is 1.30 bits per heavy atom. The third-order valence-corrected chi connectivity index (χ3v) is 6.78. The SMILES string of the molecule is Fc1ccc(C(CCCc2ccccc2)C(Cc2ccccc2)c2cccc(Cl)c2)cc1Cl. The molecule has 0 N–H and O–H groups in total. The van der Waals surface area contributed by atoms with Crippen LogP contribution in [0.2, 0.25) is 10.0 Å². The molecule has 0 aliphatic carbocycles. The summed E-state index contributed by atoms with van der Waals surface area (Å²) in [6.45, 7) is 0. The molecule has 4 aromatic rings. The molecule has 3 heteroatoms. The first-order chi connectivity index (χ1) is 16.1. The van der Waals surface area contributed by atoms with Gasteiger partial charge in [-0.2, -0.15) is 0 Å². The van der Waals surface area contributed by atoms with E-state index in [1.165, 1.54) is 22.8 Å². The van der Waals surface area contributed by atoms with Crippen molar-refractivity contribution in [2.75, 3.05) is 0 Å². The second-order valence-electron chi connectivity index (χ2n) is 8.51. The third kappa shape index (κ3) is 6.47. The fraction of sp³-hybridized carbons (Fsp3) is 0.200. The first-order valence-electron chi connectivity index (χ1n) is 11.4. The average molecular weight is 477 g/mol. The molecule has 33 heavy (non-hydrogen) atoms. The Morgan fingerprint density at radius 1 is 0.636 bits per heavy atom. The van der Waals surface area contributed by atoms with Gasteiger partial charge >= 0.3 is 0 Å². The zero-order valence-corrected chi connectivity index (χ0v) is 19.9. The van der Waals surface area contributed by atoms with Gasteiger partial charge in [0.2, 0.25) is 0 Å². The van der Waals surface area contributed by atoms with Crippen LogP contribution in [0.1, 0.15) is 46.9 Å². The summed E-state index contributed by atoms with van der Waals surface area (Å²) in [5.74, 6) is -0.0281. The summed E-state index contributed by atoms with van der Waals surface area (Å²) in [6, 6.07) is 34.3. The van der Waals surface area contributed by atoms with Crippen LogP contribution in [0.25, 0.3) is 0 Å². The molecule has 168 valence electrons. The molecule has 0 saturated carbocycles. The molecule has 0 aromatic heterocycles. The minimum Gasteiger partial charge on any atom is -0.205 e. The van der Waals surface area contributed by atoms with Crippen molar-refractivity contribution in [3.63, 3.8) is 0 Å². The maximum absolute atomic E-state index is 14.0. The van der Waals surface area contributed by atoms with Crippen LogP contribution >= 0.6 is 23.2 Å². The second-order valence-corrected chi connectivity index (χ2v) is 9.35. The predicted octanol–water partition coefficient (Wildman–Crippen LogP) is 9.27. The molecule has 0 heterocycles. The molecule has 0 bridgehead atoms. The van der Waals surface area contributed by atoms with E-state index < -0.39 is 0 Å². The van der Waals surface area contributed by atoms with E-state index >= 15 is 0 Å². The van der Waals surface area contributed by atoms with Crippen LogP contribution in [-0.4, -0.2) is 0 Å². The molecule has 4 rings (SSSR count). The Hall–Kier alpha value is -2.61. The number of halogens is 3. The third-order valence-electron chi connectivity index (χ3n) is 6.26. The van der Waals surface area contributed by atoms with Crippen LogP contribution in [-0.2, 0) is 12.8 Å². The summed E-state index contributed by atoms with van der Waals surface area (Å²) >= 11 is 12.6. The van der Waals surface area contributed by atoms with Gasteiger partial charge in [-0.3, -0.25) is 0 Å². The van der Waals surface area contributed by atoms with Crippen molar-refractivity contribution in [2.24, 2.45) is 0 Å². The maximum atomic E-state index is 14.0. The van der Waals surface area contributed by atoms with Gasteiger partial charge in [0.25, 0.3) is 0 Å². The Kier molecular flexibility index (Phi) is 8.20. The van der Waals surface area contributed by atoms with Crippen LogP contribution in [0.3, 0.4) is 0 Å². The van der Waals surface area contributed by atoms with Gasteiger partial charge in [0, 0.05) is 5.02 Å². The van der Waals surface area contributed by atoms with E-state index in [9.17, 15) is 4.39 Å². The average Bonchev–Trinajstić information content (AvgIpc) is 2.84. The molecule has 0 fully saturated rings. The molecular formula is C30H27Cl2F. The van der Waals surface area contributed by atoms with E-state index in [2.05, 4.69) is 60.7 Å². The fourth-order valence-corrected chi connectivity index (χ4v) is 5.00. The standard InChI is InChI=1S/C30H27Cl2F/c31-26-15-8-14-24(20-26)28(19-23-11-5-2-6-12-23)27(25-17-18-30(33)29(32)21-25)16-7-13-22-9-3-1-4-10-22/h1-6,8-12,14-15,17-18,20-21,27-28H,7,13,16,19H2. The van der Waals surface area contributed by atoms with Crippen LogP contribution in [0.15, 0.2) is 103 Å². The highest BCUT2D eigenvalue weighted by Crippen LogP contribution is 2.41. The van der Waals surface area contributed by atoms with Gasteiger partial charge < -0.3 is 0 Å². The van der Waals surface area contributed by atoms with Crippen molar-refractivity contribution >= 4 is 23.2 Å². The topological polar surface area (TPSA) is 0 Å². The molecule has 0 spiro atoms. The maximum Gasteiger partial charge on any atom is 0.141 e. The molecule has 0 nitrogen and oxygen atoms in total. The Bertz CT molecular complexity index is 1160. The molecule has 2 unspecified atom stereocenters. The lowest BCUT2D eigenvalue weighted by atomic mass is 9.75. The van der Waals surface area contributed by atoms with Crippen LogP contribution in [0.4, 0.5) is 4.39 Å². The highest BCUT2D eigenvalue weighted by molar-refractivity contribution is 6.31. The van der Waals surface area contributed by atoms with E-state index in [-0.39, 0.29) is 22.7 Å². The molecule has 0 aliphatic rings. The van der Waals surface area contributed by atoms with Crippen molar-refractivity contribution in [1.82, 2.24) is 0 Å². The lowest BCUT2D eigenvalue weighted by Gasteiger charge is -2.29. The summed E-state index contributed by atoms with van der Waals surface area (Å²) in [6.07, 6.45) is 3.85. The molecule has 0 amide bonds. The first kappa shape index (κ1) is 23.5. The number of benzene rings is 4. The number of hydrogen-bond donors (Lipinski definition) is 0. The van der Waals surface area contributed by atoms with Crippen molar-refractivity contribution < 1.29 is 4.39 Å². The van der Waals surface area contributed by atoms with Gasteiger partial charge in [-0.05, 0) is 84.0 Å². The molecule has 0 aliphatic heterocycles. The summed E-state index contributed by atoms with van der Waals surface area (Å²) in [5.41, 5.74) is 4.85. The van der Waals surface area contributed by atoms with E-state index in [0.29, 0.717) is 0 Å². The fourth-order valence-electron chi connectivity index (χ4n) is 4.61. The Morgan fingerprint density at radius 3 is 1.97 bits per heavy atom. The summed E-state index contributed by atoms with van der Waals surface area (Å²) in [4.78, 5) is 0. The molecule has 2 atom stereocenters. The second kappa shape index (κ2) is 11.5. The van der Waals surface area contributed by atoms with Gasteiger partial charge in [0.15, 0.2) is 0 Å². The summed E-state index contributed by atoms with van der Waals surface area (Å²) in [5, 5.41) is 0.899. The smallest absolute Gasteiger partial charge is 0.141 e. The first-order valence-corrected chi connectivity index (χ1v) is 12.1. The van der Waals surface area contributed by atoms with Crippen LogP contribution in [0.5, 0.6) is 0 Å². The van der Waals surface area contributed by atoms with Crippen LogP contribution in [0, 0.1) is 5.82 Å². The predicted molar refractivity (Wildman–Crippen MR) is 138 cm³/mol. The minimum absolute atomic E-state index is 0.171. The van der Waals surface area contributed by atoms with E-state index in [4.69, 9.17) is 23.2 Å². The molecule has 0 radical (unpaired) electrons. The van der Waals surface area contributed by atoms with E-state index in [1.54, 1.807) is 6.07 Å². The zero-order chi connectivity index (χ0) is 23.0. The normalized spacial score (nSPS) is 12.9. The quantitative estimate of drug-likeness (QED) is 0.225. The number of aryl methyl sites for hydroxylation is 1. The molecular weight excluding hydrogens is 450 g/mol. The monoisotopic (exact) mass is 476 g/mol. The lowest BCUT2D eigenvalue weighted by molar-refractivity contribution is 0.485. The highest BCUT2D eigenvalue weighted by Gasteiger charge is 2.26. The van der Waals surface area contributed by atoms with Crippen molar-refractivity contribution in [3.05, 3.63) is 141 Å². The zero-order valence-electron chi connectivity index (χ0n) is 18.4. The Labute approximate surface area is 206 Å². The van der Waals surface area contributed by atoms with E-state index in [1.807, 2.05) is 30.3 Å². The summed E-state index contributed by atoms with van der Waals surface area (Å²) in [7, 11) is 0. The largest absolute Gasteiger partial charge is 0.205 e. The van der Waals surface area contributed by atoms with Crippen molar-refractivity contribution in [1.29, 1.82) is 0 Å². The van der Waals surface area contributed by atoms with Gasteiger partial charge in [-0.1, -0.05) is 102 Å². The van der Waals surface area contributed by atoms with E-state index in [0.717, 1.165) is 36.3 Å². The minimum atomic E-state index is -0.384. The number of rotatable bonds is 9.